The minimum Gasteiger partial charge on any atom is -0.479 e. The lowest BCUT2D eigenvalue weighted by Gasteiger charge is -2.41. The molecule has 1 unspecified atom stereocenters. The Labute approximate surface area is 286 Å². The van der Waals surface area contributed by atoms with Gasteiger partial charge in [0.15, 0.2) is 17.5 Å². The van der Waals surface area contributed by atoms with E-state index in [1.54, 1.807) is 6.33 Å². The summed E-state index contributed by atoms with van der Waals surface area (Å²) in [5.74, 6) is -0.283. The molecule has 5 aromatic rings. The fraction of sp³-hybridized carbons (Fsp3) is 0.436. The maximum atomic E-state index is 12.9. The molecule has 1 atom stereocenters. The third-order valence-electron chi connectivity index (χ3n) is 9.96. The summed E-state index contributed by atoms with van der Waals surface area (Å²) in [6.45, 7) is 14.6. The van der Waals surface area contributed by atoms with Crippen LogP contribution in [0.3, 0.4) is 0 Å². The number of anilines is 2. The number of aryl methyl sites for hydroxylation is 1. The summed E-state index contributed by atoms with van der Waals surface area (Å²) in [7, 11) is 0. The molecule has 256 valence electrons. The molecule has 1 saturated heterocycles. The number of fused-ring (bicyclic) bond motifs is 4. The van der Waals surface area contributed by atoms with Gasteiger partial charge in [-0.3, -0.25) is 4.98 Å². The first-order chi connectivity index (χ1) is 23.3. The minimum absolute atomic E-state index is 0.183. The normalized spacial score (nSPS) is 17.0. The second-order valence-corrected chi connectivity index (χ2v) is 15.2. The molecule has 10 heteroatoms. The van der Waals surface area contributed by atoms with Crippen molar-refractivity contribution in [2.75, 3.05) is 29.4 Å². The van der Waals surface area contributed by atoms with Gasteiger partial charge in [-0.05, 0) is 81.2 Å². The average Bonchev–Trinajstić information content (AvgIpc) is 3.45. The van der Waals surface area contributed by atoms with Crippen molar-refractivity contribution in [1.29, 1.82) is 0 Å². The van der Waals surface area contributed by atoms with E-state index in [0.29, 0.717) is 29.1 Å². The molecule has 0 bridgehead atoms. The second kappa shape index (κ2) is 12.4. The maximum Gasteiger partial charge on any atom is 0.337 e. The number of aliphatic carboxylic acids is 1. The van der Waals surface area contributed by atoms with Crippen LogP contribution in [0.15, 0.2) is 53.2 Å². The molecule has 0 radical (unpaired) electrons. The molecule has 0 aliphatic carbocycles. The van der Waals surface area contributed by atoms with Gasteiger partial charge in [-0.25, -0.2) is 14.8 Å². The van der Waals surface area contributed by atoms with Crippen molar-refractivity contribution in [2.45, 2.75) is 85.7 Å². The smallest absolute Gasteiger partial charge is 0.337 e. The standard InChI is InChI=1S/C39H45N5O5/c1-23-30(34(37(46)47)49-38(2,3)4)33(43-17-14-39(5,6)15-18-43)31(28(21-45)42-23)25-11-12-26-20-44(16-13-24(26)19-25)36-35-32(40-22-41-36)27-9-7-8-10-29(27)48-35/h7-12,19,22,34,45H,13-18,20-21H2,1-6H3,(H,46,47). The number of furan rings is 1. The quantitative estimate of drug-likeness (QED) is 0.182. The SMILES string of the molecule is Cc1nc(CO)c(-c2ccc3c(c2)CCN(c2ncnc4c2oc2ccccc24)C3)c(N2CCC(C)(C)CC2)c1C(OC(C)(C)C)C(=O)O. The first kappa shape index (κ1) is 33.0. The van der Waals surface area contributed by atoms with Crippen LogP contribution < -0.4 is 9.80 Å². The van der Waals surface area contributed by atoms with Crippen LogP contribution >= 0.6 is 0 Å². The summed E-state index contributed by atoms with van der Waals surface area (Å²) < 4.78 is 12.5. The highest BCUT2D eigenvalue weighted by atomic mass is 16.5. The number of piperidine rings is 1. The number of ether oxygens (including phenoxy) is 1. The molecule has 3 aromatic heterocycles. The topological polar surface area (TPSA) is 125 Å². The van der Waals surface area contributed by atoms with Gasteiger partial charge in [-0.1, -0.05) is 44.2 Å². The van der Waals surface area contributed by atoms with Gasteiger partial charge in [-0.2, -0.15) is 0 Å². The highest BCUT2D eigenvalue weighted by molar-refractivity contribution is 6.05. The predicted molar refractivity (Wildman–Crippen MR) is 191 cm³/mol. The van der Waals surface area contributed by atoms with Crippen LogP contribution in [-0.4, -0.2) is 56.4 Å². The molecule has 2 aliphatic heterocycles. The van der Waals surface area contributed by atoms with E-state index in [4.69, 9.17) is 14.1 Å². The second-order valence-electron chi connectivity index (χ2n) is 15.2. The summed E-state index contributed by atoms with van der Waals surface area (Å²) in [5.41, 5.74) is 8.26. The van der Waals surface area contributed by atoms with E-state index >= 15 is 0 Å². The number of aliphatic hydroxyl groups excluding tert-OH is 1. The lowest BCUT2D eigenvalue weighted by molar-refractivity contribution is -0.160. The number of hydrogen-bond acceptors (Lipinski definition) is 9. The van der Waals surface area contributed by atoms with Crippen molar-refractivity contribution >= 4 is 39.5 Å². The molecular weight excluding hydrogens is 618 g/mol. The fourth-order valence-electron chi connectivity index (χ4n) is 7.37. The van der Waals surface area contributed by atoms with E-state index in [-0.39, 0.29) is 12.0 Å². The molecular formula is C39H45N5O5. The molecule has 0 saturated carbocycles. The summed E-state index contributed by atoms with van der Waals surface area (Å²) in [6, 6.07) is 14.3. The molecule has 0 spiro atoms. The van der Waals surface area contributed by atoms with Gasteiger partial charge in [0.25, 0.3) is 0 Å². The molecule has 49 heavy (non-hydrogen) atoms. The Bertz CT molecular complexity index is 2050. The van der Waals surface area contributed by atoms with Gasteiger partial charge in [0.2, 0.25) is 0 Å². The number of para-hydroxylation sites is 1. The van der Waals surface area contributed by atoms with E-state index < -0.39 is 17.7 Å². The highest BCUT2D eigenvalue weighted by Crippen LogP contribution is 2.46. The zero-order valence-corrected chi connectivity index (χ0v) is 29.2. The van der Waals surface area contributed by atoms with Gasteiger partial charge in [0.1, 0.15) is 17.4 Å². The lowest BCUT2D eigenvalue weighted by Crippen LogP contribution is -2.39. The summed E-state index contributed by atoms with van der Waals surface area (Å²) in [5, 5.41) is 22.2. The number of aliphatic hydroxyl groups is 1. The number of aromatic nitrogens is 3. The molecule has 2 N–H and O–H groups in total. The Morgan fingerprint density at radius 2 is 1.80 bits per heavy atom. The number of carbonyl (C=O) groups is 1. The van der Waals surface area contributed by atoms with Crippen LogP contribution in [0.2, 0.25) is 0 Å². The van der Waals surface area contributed by atoms with Gasteiger partial charge in [-0.15, -0.1) is 0 Å². The van der Waals surface area contributed by atoms with Crippen LogP contribution in [-0.2, 0) is 29.1 Å². The molecule has 5 heterocycles. The predicted octanol–water partition coefficient (Wildman–Crippen LogP) is 7.37. The van der Waals surface area contributed by atoms with Crippen molar-refractivity contribution < 1.29 is 24.2 Å². The highest BCUT2D eigenvalue weighted by Gasteiger charge is 2.37. The molecule has 7 rings (SSSR count). The Balaban J connectivity index is 1.32. The first-order valence-corrected chi connectivity index (χ1v) is 17.1. The Morgan fingerprint density at radius 3 is 2.51 bits per heavy atom. The van der Waals surface area contributed by atoms with Crippen LogP contribution in [0.4, 0.5) is 11.5 Å². The van der Waals surface area contributed by atoms with Gasteiger partial charge in [0.05, 0.1) is 23.6 Å². The van der Waals surface area contributed by atoms with Crippen LogP contribution in [0.5, 0.6) is 0 Å². The average molecular weight is 664 g/mol. The van der Waals surface area contributed by atoms with Crippen LogP contribution in [0.1, 0.15) is 81.6 Å². The largest absolute Gasteiger partial charge is 0.479 e. The van der Waals surface area contributed by atoms with E-state index in [1.165, 1.54) is 11.1 Å². The molecule has 10 nitrogen and oxygen atoms in total. The third kappa shape index (κ3) is 6.24. The molecule has 1 fully saturated rings. The van der Waals surface area contributed by atoms with Crippen LogP contribution in [0, 0.1) is 12.3 Å². The van der Waals surface area contributed by atoms with E-state index in [1.807, 2.05) is 52.0 Å². The van der Waals surface area contributed by atoms with E-state index in [0.717, 1.165) is 78.0 Å². The summed E-state index contributed by atoms with van der Waals surface area (Å²) in [6.07, 6.45) is 3.07. The zero-order chi connectivity index (χ0) is 34.7. The van der Waals surface area contributed by atoms with Crippen molar-refractivity contribution in [3.63, 3.8) is 0 Å². The number of carboxylic acids is 1. The van der Waals surface area contributed by atoms with Crippen LogP contribution in [0.25, 0.3) is 33.2 Å². The third-order valence-corrected chi connectivity index (χ3v) is 9.96. The Kier molecular flexibility index (Phi) is 8.35. The number of carboxylic acid groups (broad SMARTS) is 1. The van der Waals surface area contributed by atoms with E-state index in [2.05, 4.69) is 51.8 Å². The monoisotopic (exact) mass is 663 g/mol. The number of benzene rings is 2. The zero-order valence-electron chi connectivity index (χ0n) is 29.2. The number of rotatable bonds is 7. The minimum atomic E-state index is -1.22. The number of pyridine rings is 1. The van der Waals surface area contributed by atoms with Crippen molar-refractivity contribution in [2.24, 2.45) is 5.41 Å². The Hall–Kier alpha value is -4.54. The van der Waals surface area contributed by atoms with Gasteiger partial charge < -0.3 is 29.2 Å². The number of hydrogen-bond donors (Lipinski definition) is 2. The summed E-state index contributed by atoms with van der Waals surface area (Å²) in [4.78, 5) is 31.5. The summed E-state index contributed by atoms with van der Waals surface area (Å²) >= 11 is 0. The first-order valence-electron chi connectivity index (χ1n) is 17.1. The van der Waals surface area contributed by atoms with Crippen molar-refractivity contribution in [3.8, 4) is 11.1 Å². The Morgan fingerprint density at radius 1 is 1.04 bits per heavy atom. The number of nitrogens with zero attached hydrogens (tertiary/aromatic N) is 5. The van der Waals surface area contributed by atoms with Crippen molar-refractivity contribution in [3.05, 3.63) is 76.9 Å². The van der Waals surface area contributed by atoms with Crippen molar-refractivity contribution in [1.82, 2.24) is 15.0 Å². The molecule has 2 aromatic carbocycles. The maximum absolute atomic E-state index is 12.9. The van der Waals surface area contributed by atoms with Gasteiger partial charge in [0, 0.05) is 48.4 Å². The lowest BCUT2D eigenvalue weighted by atomic mass is 9.81. The molecule has 2 aliphatic rings. The molecule has 0 amide bonds. The van der Waals surface area contributed by atoms with E-state index in [9.17, 15) is 15.0 Å². The van der Waals surface area contributed by atoms with Gasteiger partial charge >= 0.3 is 5.97 Å². The fourth-order valence-corrected chi connectivity index (χ4v) is 7.37.